The van der Waals surface area contributed by atoms with E-state index in [9.17, 15) is 19.8 Å². The highest BCUT2D eigenvalue weighted by molar-refractivity contribution is 6.46. The van der Waals surface area contributed by atoms with Gasteiger partial charge in [0.05, 0.1) is 35.9 Å². The van der Waals surface area contributed by atoms with Crippen LogP contribution < -0.4 is 9.47 Å². The number of likely N-dealkylation sites (N-methyl/N-ethyl adjacent to an activating group) is 1. The third kappa shape index (κ3) is 5.29. The quantitative estimate of drug-likeness (QED) is 0.272. The molecule has 1 aliphatic rings. The van der Waals surface area contributed by atoms with Gasteiger partial charge in [-0.2, -0.15) is 0 Å². The van der Waals surface area contributed by atoms with Crippen LogP contribution in [-0.2, 0) is 9.59 Å². The average molecular weight is 517 g/mol. The first kappa shape index (κ1) is 27.4. The maximum Gasteiger partial charge on any atom is 0.295 e. The molecule has 1 fully saturated rings. The van der Waals surface area contributed by atoms with Crippen LogP contribution in [0.25, 0.3) is 5.76 Å². The Morgan fingerprint density at radius 3 is 2.44 bits per heavy atom. The molecule has 0 aromatic heterocycles. The number of aliphatic hydroxyl groups excluding tert-OH is 1. The predicted octanol–water partition coefficient (Wildman–Crippen LogP) is 4.52. The maximum atomic E-state index is 13.4. The molecule has 0 bridgehead atoms. The summed E-state index contributed by atoms with van der Waals surface area (Å²) >= 11 is 6.35. The number of benzene rings is 2. The van der Waals surface area contributed by atoms with E-state index in [1.165, 1.54) is 18.1 Å². The molecule has 1 saturated heterocycles. The van der Waals surface area contributed by atoms with Crippen molar-refractivity contribution in [3.05, 3.63) is 57.6 Å². The fraction of sp³-hybridized carbons (Fsp3) is 0.407. The number of hydrogen-bond acceptors (Lipinski definition) is 7. The van der Waals surface area contributed by atoms with Gasteiger partial charge in [0.15, 0.2) is 11.5 Å². The normalized spacial score (nSPS) is 17.2. The Morgan fingerprint density at radius 1 is 1.14 bits per heavy atom. The smallest absolute Gasteiger partial charge is 0.295 e. The van der Waals surface area contributed by atoms with Crippen LogP contribution in [0.1, 0.15) is 43.5 Å². The van der Waals surface area contributed by atoms with Gasteiger partial charge in [0.2, 0.25) is 0 Å². The lowest BCUT2D eigenvalue weighted by Gasteiger charge is -2.28. The van der Waals surface area contributed by atoms with Gasteiger partial charge in [-0.05, 0) is 62.3 Å². The molecule has 1 aliphatic heterocycles. The predicted molar refractivity (Wildman–Crippen MR) is 139 cm³/mol. The minimum atomic E-state index is -0.899. The average Bonchev–Trinajstić information content (AvgIpc) is 3.10. The summed E-state index contributed by atoms with van der Waals surface area (Å²) in [4.78, 5) is 30.2. The minimum absolute atomic E-state index is 0.0622. The number of Topliss-reactive ketones (excluding diaryl/α,β-unsaturated/α-hetero) is 1. The minimum Gasteiger partial charge on any atom is -0.507 e. The number of hydrogen-bond donors (Lipinski definition) is 2. The van der Waals surface area contributed by atoms with Crippen molar-refractivity contribution < 1.29 is 29.3 Å². The molecular weight excluding hydrogens is 484 g/mol. The summed E-state index contributed by atoms with van der Waals surface area (Å²) in [5.41, 5.74) is 1.41. The number of carbonyl (C=O) groups is 2. The van der Waals surface area contributed by atoms with Crippen molar-refractivity contribution >= 4 is 29.1 Å². The van der Waals surface area contributed by atoms with E-state index in [-0.39, 0.29) is 45.7 Å². The lowest BCUT2D eigenvalue weighted by molar-refractivity contribution is -0.140. The number of amides is 1. The van der Waals surface area contributed by atoms with Crippen LogP contribution in [0.3, 0.4) is 0 Å². The van der Waals surface area contributed by atoms with Crippen molar-refractivity contribution in [1.29, 1.82) is 0 Å². The van der Waals surface area contributed by atoms with Crippen molar-refractivity contribution in [3.8, 4) is 17.2 Å². The summed E-state index contributed by atoms with van der Waals surface area (Å²) in [5, 5.41) is 22.0. The van der Waals surface area contributed by atoms with Gasteiger partial charge in [0, 0.05) is 13.1 Å². The second-order valence-electron chi connectivity index (χ2n) is 8.51. The highest BCUT2D eigenvalue weighted by Gasteiger charge is 2.46. The molecule has 9 heteroatoms. The molecule has 2 aromatic carbocycles. The summed E-state index contributed by atoms with van der Waals surface area (Å²) in [6, 6.07) is 7.10. The van der Waals surface area contributed by atoms with E-state index in [1.54, 1.807) is 38.1 Å². The number of likely N-dealkylation sites (tertiary alicyclic amines) is 1. The molecule has 194 valence electrons. The Morgan fingerprint density at radius 2 is 1.83 bits per heavy atom. The van der Waals surface area contributed by atoms with E-state index in [4.69, 9.17) is 21.1 Å². The summed E-state index contributed by atoms with van der Waals surface area (Å²) in [7, 11) is 1.42. The molecule has 0 radical (unpaired) electrons. The van der Waals surface area contributed by atoms with Gasteiger partial charge in [0.25, 0.3) is 11.7 Å². The second kappa shape index (κ2) is 11.7. The monoisotopic (exact) mass is 516 g/mol. The van der Waals surface area contributed by atoms with Crippen molar-refractivity contribution in [3.63, 3.8) is 0 Å². The number of methoxy groups -OCH3 is 1. The molecule has 2 N–H and O–H groups in total. The lowest BCUT2D eigenvalue weighted by atomic mass is 9.94. The number of aryl methyl sites for hydroxylation is 1. The fourth-order valence-corrected chi connectivity index (χ4v) is 4.83. The van der Waals surface area contributed by atoms with E-state index >= 15 is 0 Å². The number of phenolic OH excluding ortho intramolecular Hbond substituents is 1. The highest BCUT2D eigenvalue weighted by atomic mass is 35.5. The van der Waals surface area contributed by atoms with Crippen molar-refractivity contribution in [2.24, 2.45) is 0 Å². The Labute approximate surface area is 216 Å². The van der Waals surface area contributed by atoms with Crippen LogP contribution in [0.4, 0.5) is 0 Å². The first-order valence-corrected chi connectivity index (χ1v) is 12.4. The van der Waals surface area contributed by atoms with Crippen molar-refractivity contribution in [1.82, 2.24) is 9.80 Å². The number of nitrogens with zero attached hydrogens (tertiary/aromatic N) is 2. The summed E-state index contributed by atoms with van der Waals surface area (Å²) < 4.78 is 11.0. The number of halogens is 1. The van der Waals surface area contributed by atoms with E-state index in [2.05, 4.69) is 4.90 Å². The van der Waals surface area contributed by atoms with E-state index in [1.807, 2.05) is 13.8 Å². The van der Waals surface area contributed by atoms with Gasteiger partial charge >= 0.3 is 0 Å². The molecule has 1 heterocycles. The molecule has 0 aliphatic carbocycles. The molecule has 0 saturated carbocycles. The Bertz CT molecular complexity index is 1180. The lowest BCUT2D eigenvalue weighted by Crippen LogP contribution is -2.38. The van der Waals surface area contributed by atoms with Crippen LogP contribution in [0.15, 0.2) is 35.9 Å². The van der Waals surface area contributed by atoms with E-state index < -0.39 is 17.7 Å². The molecule has 1 amide bonds. The van der Waals surface area contributed by atoms with Gasteiger partial charge in [-0.3, -0.25) is 9.59 Å². The maximum absolute atomic E-state index is 13.4. The zero-order valence-corrected chi connectivity index (χ0v) is 22.1. The number of aromatic hydroxyl groups is 1. The van der Waals surface area contributed by atoms with Gasteiger partial charge in [-0.1, -0.05) is 31.5 Å². The SMILES string of the molecule is CCOc1cc(C2/C(=C(\O)c3cc(C)cc(Cl)c3OC)C(=O)C(=O)N2CCN(CC)CC)ccc1O. The number of aliphatic hydroxyl groups is 1. The van der Waals surface area contributed by atoms with E-state index in [0.29, 0.717) is 18.7 Å². The molecular formula is C27H33ClN2O6. The molecule has 2 aromatic rings. The van der Waals surface area contributed by atoms with Crippen molar-refractivity contribution in [2.75, 3.05) is 39.9 Å². The summed E-state index contributed by atoms with van der Waals surface area (Å²) in [6.45, 7) is 10.4. The number of ether oxygens (including phenoxy) is 2. The van der Waals surface area contributed by atoms with Gasteiger partial charge in [-0.15, -0.1) is 0 Å². The molecule has 1 unspecified atom stereocenters. The fourth-order valence-electron chi connectivity index (χ4n) is 4.48. The molecule has 36 heavy (non-hydrogen) atoms. The zero-order chi connectivity index (χ0) is 26.6. The Hall–Kier alpha value is -3.23. The number of ketones is 1. The molecule has 0 spiro atoms. The topological polar surface area (TPSA) is 99.5 Å². The zero-order valence-electron chi connectivity index (χ0n) is 21.3. The summed E-state index contributed by atoms with van der Waals surface area (Å²) in [6.07, 6.45) is 0. The van der Waals surface area contributed by atoms with Crippen LogP contribution >= 0.6 is 11.6 Å². The van der Waals surface area contributed by atoms with Gasteiger partial charge < -0.3 is 29.5 Å². The Balaban J connectivity index is 2.24. The van der Waals surface area contributed by atoms with E-state index in [0.717, 1.165) is 18.7 Å². The Kier molecular flexibility index (Phi) is 8.87. The van der Waals surface area contributed by atoms with Crippen LogP contribution in [-0.4, -0.2) is 71.6 Å². The van der Waals surface area contributed by atoms with Crippen LogP contribution in [0.5, 0.6) is 17.2 Å². The van der Waals surface area contributed by atoms with Crippen LogP contribution in [0.2, 0.25) is 5.02 Å². The first-order valence-electron chi connectivity index (χ1n) is 12.0. The third-order valence-corrected chi connectivity index (χ3v) is 6.62. The molecule has 8 nitrogen and oxygen atoms in total. The summed E-state index contributed by atoms with van der Waals surface area (Å²) in [5.74, 6) is -1.53. The molecule has 3 rings (SSSR count). The first-order chi connectivity index (χ1) is 17.2. The highest BCUT2D eigenvalue weighted by Crippen LogP contribution is 2.44. The van der Waals surface area contributed by atoms with Crippen molar-refractivity contribution in [2.45, 2.75) is 33.7 Å². The van der Waals surface area contributed by atoms with Crippen LogP contribution in [0, 0.1) is 6.92 Å². The number of carbonyl (C=O) groups excluding carboxylic acids is 2. The standard InChI is InChI=1S/C27H33ClN2O6/c1-6-29(7-2)11-12-30-23(17-9-10-20(31)21(15-17)36-8-3)22(25(33)27(30)34)24(32)18-13-16(4)14-19(28)26(18)35-5/h9-10,13-15,23,31-32H,6-8,11-12H2,1-5H3/b24-22+. The van der Waals surface area contributed by atoms with Gasteiger partial charge in [-0.25, -0.2) is 0 Å². The number of rotatable bonds is 10. The second-order valence-corrected chi connectivity index (χ2v) is 8.91. The van der Waals surface area contributed by atoms with Gasteiger partial charge in [0.1, 0.15) is 11.5 Å². The molecule has 1 atom stereocenters. The third-order valence-electron chi connectivity index (χ3n) is 6.34. The number of phenols is 1. The largest absolute Gasteiger partial charge is 0.507 e.